The molecule has 1 saturated heterocycles. The van der Waals surface area contributed by atoms with Gasteiger partial charge < -0.3 is 9.72 Å². The largest absolute Gasteiger partial charge is 0.497 e. The van der Waals surface area contributed by atoms with E-state index >= 15 is 0 Å². The average molecular weight is 278 g/mol. The number of methoxy groups -OCH3 is 1. The number of imidazole rings is 1. The first kappa shape index (κ1) is 12.7. The maximum atomic E-state index is 12.1. The third-order valence-corrected chi connectivity index (χ3v) is 5.02. The molecule has 1 unspecified atom stereocenters. The summed E-state index contributed by atoms with van der Waals surface area (Å²) in [4.78, 5) is 15.0. The highest BCUT2D eigenvalue weighted by atomic mass is 32.2. The van der Waals surface area contributed by atoms with Crippen molar-refractivity contribution in [1.29, 1.82) is 0 Å². The van der Waals surface area contributed by atoms with E-state index in [9.17, 15) is 4.79 Å². The summed E-state index contributed by atoms with van der Waals surface area (Å²) in [5.74, 6) is 1.99. The SMILES string of the molecule is COc1ccc2c(c1)[nH]c(=O)n2CC1CCCCS1. The number of thioether (sulfide) groups is 1. The van der Waals surface area contributed by atoms with Gasteiger partial charge in [-0.25, -0.2) is 4.79 Å². The fourth-order valence-electron chi connectivity index (χ4n) is 2.61. The summed E-state index contributed by atoms with van der Waals surface area (Å²) in [7, 11) is 1.63. The van der Waals surface area contributed by atoms with Crippen LogP contribution in [-0.4, -0.2) is 27.7 Å². The van der Waals surface area contributed by atoms with Crippen LogP contribution in [0.4, 0.5) is 0 Å². The number of benzene rings is 1. The average Bonchev–Trinajstić information content (AvgIpc) is 2.75. The van der Waals surface area contributed by atoms with Gasteiger partial charge in [-0.1, -0.05) is 6.42 Å². The number of aromatic amines is 1. The second kappa shape index (κ2) is 5.33. The van der Waals surface area contributed by atoms with Crippen LogP contribution >= 0.6 is 11.8 Å². The molecule has 1 N–H and O–H groups in total. The van der Waals surface area contributed by atoms with E-state index in [1.165, 1.54) is 25.0 Å². The van der Waals surface area contributed by atoms with Crippen LogP contribution in [0, 0.1) is 0 Å². The summed E-state index contributed by atoms with van der Waals surface area (Å²) in [6.45, 7) is 0.801. The monoisotopic (exact) mass is 278 g/mol. The second-order valence-corrected chi connectivity index (χ2v) is 6.32. The minimum atomic E-state index is -0.0190. The van der Waals surface area contributed by atoms with Gasteiger partial charge in [0.15, 0.2) is 0 Å². The summed E-state index contributed by atoms with van der Waals surface area (Å²) >= 11 is 1.99. The second-order valence-electron chi connectivity index (χ2n) is 4.91. The van der Waals surface area contributed by atoms with E-state index in [2.05, 4.69) is 4.98 Å². The summed E-state index contributed by atoms with van der Waals surface area (Å²) in [5.41, 5.74) is 1.80. The van der Waals surface area contributed by atoms with Crippen molar-refractivity contribution in [1.82, 2.24) is 9.55 Å². The normalized spacial score (nSPS) is 19.7. The molecular formula is C14H18N2O2S. The van der Waals surface area contributed by atoms with Gasteiger partial charge in [0.2, 0.25) is 0 Å². The van der Waals surface area contributed by atoms with E-state index in [4.69, 9.17) is 4.74 Å². The van der Waals surface area contributed by atoms with Gasteiger partial charge in [-0.05, 0) is 30.7 Å². The number of hydrogen-bond acceptors (Lipinski definition) is 3. The molecule has 0 amide bonds. The molecule has 2 aromatic rings. The number of H-pyrrole nitrogens is 1. The number of nitrogens with one attached hydrogen (secondary N) is 1. The van der Waals surface area contributed by atoms with Crippen molar-refractivity contribution >= 4 is 22.8 Å². The summed E-state index contributed by atoms with van der Waals surface area (Å²) in [6.07, 6.45) is 3.80. The number of rotatable bonds is 3. The first-order chi connectivity index (χ1) is 9.28. The third kappa shape index (κ3) is 2.52. The third-order valence-electron chi connectivity index (χ3n) is 3.64. The molecule has 102 valence electrons. The predicted molar refractivity (Wildman–Crippen MR) is 79.2 cm³/mol. The Morgan fingerprint density at radius 1 is 1.47 bits per heavy atom. The molecule has 1 aliphatic heterocycles. The number of hydrogen-bond donors (Lipinski definition) is 1. The quantitative estimate of drug-likeness (QED) is 0.939. The molecule has 2 heterocycles. The molecule has 5 heteroatoms. The van der Waals surface area contributed by atoms with Crippen molar-refractivity contribution in [2.75, 3.05) is 12.9 Å². The van der Waals surface area contributed by atoms with Gasteiger partial charge in [0.25, 0.3) is 0 Å². The maximum absolute atomic E-state index is 12.1. The first-order valence-electron chi connectivity index (χ1n) is 6.66. The fraction of sp³-hybridized carbons (Fsp3) is 0.500. The maximum Gasteiger partial charge on any atom is 0.326 e. The highest BCUT2D eigenvalue weighted by molar-refractivity contribution is 7.99. The molecule has 19 heavy (non-hydrogen) atoms. The lowest BCUT2D eigenvalue weighted by molar-refractivity contribution is 0.415. The Balaban J connectivity index is 1.93. The van der Waals surface area contributed by atoms with E-state index in [-0.39, 0.29) is 5.69 Å². The Labute approximate surface area is 116 Å². The standard InChI is InChI=1S/C14H18N2O2S/c1-18-10-5-6-13-12(8-10)15-14(17)16(13)9-11-4-2-3-7-19-11/h5-6,8,11H,2-4,7,9H2,1H3,(H,15,17). The van der Waals surface area contributed by atoms with Crippen molar-refractivity contribution in [3.63, 3.8) is 0 Å². The number of ether oxygens (including phenoxy) is 1. The Hall–Kier alpha value is -1.36. The molecule has 0 saturated carbocycles. The van der Waals surface area contributed by atoms with Gasteiger partial charge in [-0.2, -0.15) is 11.8 Å². The van der Waals surface area contributed by atoms with Crippen molar-refractivity contribution in [2.45, 2.75) is 31.1 Å². The van der Waals surface area contributed by atoms with Crippen LogP contribution in [0.5, 0.6) is 5.75 Å². The summed E-state index contributed by atoms with van der Waals surface area (Å²) in [6, 6.07) is 5.74. The van der Waals surface area contributed by atoms with Crippen molar-refractivity contribution < 1.29 is 4.74 Å². The highest BCUT2D eigenvalue weighted by Crippen LogP contribution is 2.27. The van der Waals surface area contributed by atoms with Gasteiger partial charge in [0, 0.05) is 17.9 Å². The zero-order chi connectivity index (χ0) is 13.2. The van der Waals surface area contributed by atoms with E-state index < -0.39 is 0 Å². The van der Waals surface area contributed by atoms with Crippen LogP contribution < -0.4 is 10.4 Å². The lowest BCUT2D eigenvalue weighted by Gasteiger charge is -2.21. The van der Waals surface area contributed by atoms with Crippen LogP contribution in [0.2, 0.25) is 0 Å². The molecule has 1 aromatic carbocycles. The number of aromatic nitrogens is 2. The summed E-state index contributed by atoms with van der Waals surface area (Å²) in [5, 5.41) is 0.563. The van der Waals surface area contributed by atoms with Crippen LogP contribution in [0.1, 0.15) is 19.3 Å². The molecule has 0 spiro atoms. The minimum absolute atomic E-state index is 0.0190. The number of nitrogens with zero attached hydrogens (tertiary/aromatic N) is 1. The molecule has 1 aliphatic rings. The van der Waals surface area contributed by atoms with E-state index in [1.807, 2.05) is 34.5 Å². The summed E-state index contributed by atoms with van der Waals surface area (Å²) < 4.78 is 7.04. The molecule has 4 nitrogen and oxygen atoms in total. The van der Waals surface area contributed by atoms with E-state index in [1.54, 1.807) is 7.11 Å². The van der Waals surface area contributed by atoms with E-state index in [0.29, 0.717) is 5.25 Å². The zero-order valence-electron chi connectivity index (χ0n) is 11.0. The van der Waals surface area contributed by atoms with Crippen LogP contribution in [0.3, 0.4) is 0 Å². The molecule has 0 bridgehead atoms. The molecule has 0 radical (unpaired) electrons. The lowest BCUT2D eigenvalue weighted by atomic mass is 10.2. The van der Waals surface area contributed by atoms with Gasteiger partial charge in [0.05, 0.1) is 18.1 Å². The Bertz CT molecular complexity index is 626. The molecule has 1 aromatic heterocycles. The van der Waals surface area contributed by atoms with Gasteiger partial charge in [0.1, 0.15) is 5.75 Å². The lowest BCUT2D eigenvalue weighted by Crippen LogP contribution is -2.24. The molecule has 0 aliphatic carbocycles. The van der Waals surface area contributed by atoms with Gasteiger partial charge >= 0.3 is 5.69 Å². The Morgan fingerprint density at radius 3 is 3.11 bits per heavy atom. The molecule has 3 rings (SSSR count). The fourth-order valence-corrected chi connectivity index (χ4v) is 3.90. The minimum Gasteiger partial charge on any atom is -0.497 e. The first-order valence-corrected chi connectivity index (χ1v) is 7.71. The zero-order valence-corrected chi connectivity index (χ0v) is 11.8. The molecular weight excluding hydrogens is 260 g/mol. The van der Waals surface area contributed by atoms with Crippen molar-refractivity contribution in [3.8, 4) is 5.75 Å². The van der Waals surface area contributed by atoms with Crippen LogP contribution in [0.25, 0.3) is 11.0 Å². The smallest absolute Gasteiger partial charge is 0.326 e. The Kier molecular flexibility index (Phi) is 3.55. The van der Waals surface area contributed by atoms with Crippen LogP contribution in [-0.2, 0) is 6.54 Å². The van der Waals surface area contributed by atoms with Gasteiger partial charge in [-0.3, -0.25) is 4.57 Å². The van der Waals surface area contributed by atoms with Gasteiger partial charge in [-0.15, -0.1) is 0 Å². The highest BCUT2D eigenvalue weighted by Gasteiger charge is 2.17. The number of fused-ring (bicyclic) bond motifs is 1. The topological polar surface area (TPSA) is 47.0 Å². The van der Waals surface area contributed by atoms with Crippen LogP contribution in [0.15, 0.2) is 23.0 Å². The molecule has 1 atom stereocenters. The molecule has 1 fully saturated rings. The van der Waals surface area contributed by atoms with E-state index in [0.717, 1.165) is 23.3 Å². The van der Waals surface area contributed by atoms with Crippen molar-refractivity contribution in [3.05, 3.63) is 28.7 Å². The van der Waals surface area contributed by atoms with Crippen molar-refractivity contribution in [2.24, 2.45) is 0 Å². The predicted octanol–water partition coefficient (Wildman–Crippen LogP) is 2.62. The Morgan fingerprint density at radius 2 is 2.37 bits per heavy atom.